The number of hydrogen-bond donors (Lipinski definition) is 2. The van der Waals surface area contributed by atoms with Gasteiger partial charge in [0.15, 0.2) is 0 Å². The first kappa shape index (κ1) is 15.1. The molecule has 2 rings (SSSR count). The molecule has 1 aliphatic carbocycles. The predicted octanol–water partition coefficient (Wildman–Crippen LogP) is 2.35. The van der Waals surface area contributed by atoms with Crippen LogP contribution in [0.25, 0.3) is 0 Å². The Morgan fingerprint density at radius 2 is 2.05 bits per heavy atom. The maximum Gasteiger partial charge on any atom is 0.239 e. The van der Waals surface area contributed by atoms with Crippen LogP contribution in [0.3, 0.4) is 0 Å². The molecule has 1 aromatic rings. The maximum absolute atomic E-state index is 11.9. The average Bonchev–Trinajstić information content (AvgIpc) is 3.16. The van der Waals surface area contributed by atoms with E-state index in [1.165, 1.54) is 0 Å². The van der Waals surface area contributed by atoms with Crippen molar-refractivity contribution in [3.8, 4) is 0 Å². The van der Waals surface area contributed by atoms with Gasteiger partial charge in [-0.05, 0) is 37.0 Å². The molecular formula is C14H16Cl2N2O2. The van der Waals surface area contributed by atoms with Crippen LogP contribution in [0, 0.1) is 5.92 Å². The van der Waals surface area contributed by atoms with Gasteiger partial charge in [0, 0.05) is 22.5 Å². The van der Waals surface area contributed by atoms with Crippen LogP contribution in [0.4, 0.5) is 0 Å². The second kappa shape index (κ2) is 6.46. The molecule has 0 radical (unpaired) electrons. The van der Waals surface area contributed by atoms with E-state index >= 15 is 0 Å². The van der Waals surface area contributed by atoms with Gasteiger partial charge < -0.3 is 10.6 Å². The predicted molar refractivity (Wildman–Crippen MR) is 79.0 cm³/mol. The van der Waals surface area contributed by atoms with Crippen molar-refractivity contribution < 1.29 is 9.59 Å². The fourth-order valence-electron chi connectivity index (χ4n) is 2.19. The highest BCUT2D eigenvalue weighted by Crippen LogP contribution is 2.49. The highest BCUT2D eigenvalue weighted by molar-refractivity contribution is 6.35. The van der Waals surface area contributed by atoms with Crippen molar-refractivity contribution >= 4 is 35.0 Å². The number of carbonyl (C=O) groups excluding carboxylic acids is 2. The van der Waals surface area contributed by atoms with Crippen molar-refractivity contribution in [1.82, 2.24) is 10.6 Å². The van der Waals surface area contributed by atoms with Crippen LogP contribution >= 0.6 is 23.2 Å². The number of rotatable bonds is 5. The van der Waals surface area contributed by atoms with Gasteiger partial charge >= 0.3 is 0 Å². The van der Waals surface area contributed by atoms with Crippen LogP contribution in [0.15, 0.2) is 18.2 Å². The number of likely N-dealkylation sites (N-methyl/N-ethyl adjacent to an activating group) is 1. The van der Waals surface area contributed by atoms with Gasteiger partial charge in [-0.1, -0.05) is 29.3 Å². The van der Waals surface area contributed by atoms with Crippen LogP contribution < -0.4 is 10.6 Å². The maximum atomic E-state index is 11.9. The quantitative estimate of drug-likeness (QED) is 0.876. The van der Waals surface area contributed by atoms with Gasteiger partial charge in [0.2, 0.25) is 11.8 Å². The lowest BCUT2D eigenvalue weighted by Gasteiger charge is -2.06. The van der Waals surface area contributed by atoms with Gasteiger partial charge in [0.1, 0.15) is 0 Å². The molecule has 1 aromatic carbocycles. The van der Waals surface area contributed by atoms with E-state index in [1.807, 2.05) is 13.0 Å². The standard InChI is InChI=1S/C14H16Cl2N2O2/c1-2-17-13(19)7-18-14(20)11-6-10(11)9-4-3-8(15)5-12(9)16/h3-5,10-11H,2,6-7H2,1H3,(H,17,19)(H,18,20)/t10-,11+/m0/s1. The third-order valence-electron chi connectivity index (χ3n) is 3.29. The van der Waals surface area contributed by atoms with E-state index in [-0.39, 0.29) is 30.2 Å². The zero-order valence-electron chi connectivity index (χ0n) is 11.1. The summed E-state index contributed by atoms with van der Waals surface area (Å²) < 4.78 is 0. The van der Waals surface area contributed by atoms with Gasteiger partial charge in [-0.2, -0.15) is 0 Å². The van der Waals surface area contributed by atoms with Crippen molar-refractivity contribution in [1.29, 1.82) is 0 Å². The van der Waals surface area contributed by atoms with E-state index in [4.69, 9.17) is 23.2 Å². The van der Waals surface area contributed by atoms with E-state index in [0.29, 0.717) is 16.6 Å². The molecule has 2 atom stereocenters. The Balaban J connectivity index is 1.88. The van der Waals surface area contributed by atoms with Gasteiger partial charge in [0.25, 0.3) is 0 Å². The number of nitrogens with one attached hydrogen (secondary N) is 2. The van der Waals surface area contributed by atoms with Crippen molar-refractivity contribution in [2.75, 3.05) is 13.1 Å². The lowest BCUT2D eigenvalue weighted by atomic mass is 10.1. The topological polar surface area (TPSA) is 58.2 Å². The number of hydrogen-bond acceptors (Lipinski definition) is 2. The normalized spacial score (nSPS) is 20.4. The summed E-state index contributed by atoms with van der Waals surface area (Å²) in [4.78, 5) is 23.2. The number of benzene rings is 1. The first-order valence-corrected chi connectivity index (χ1v) is 7.28. The summed E-state index contributed by atoms with van der Waals surface area (Å²) in [5, 5.41) is 6.43. The summed E-state index contributed by atoms with van der Waals surface area (Å²) in [7, 11) is 0. The van der Waals surface area contributed by atoms with Gasteiger partial charge in [-0.25, -0.2) is 0 Å². The second-order valence-corrected chi connectivity index (χ2v) is 5.63. The lowest BCUT2D eigenvalue weighted by molar-refractivity contribution is -0.126. The minimum absolute atomic E-state index is 0.0181. The van der Waals surface area contributed by atoms with E-state index in [0.717, 1.165) is 12.0 Å². The third-order valence-corrected chi connectivity index (χ3v) is 3.85. The SMILES string of the molecule is CCNC(=O)CNC(=O)[C@@H]1C[C@H]1c1ccc(Cl)cc1Cl. The van der Waals surface area contributed by atoms with E-state index in [2.05, 4.69) is 10.6 Å². The Morgan fingerprint density at radius 1 is 1.30 bits per heavy atom. The zero-order valence-corrected chi connectivity index (χ0v) is 12.6. The second-order valence-electron chi connectivity index (χ2n) is 4.79. The molecular weight excluding hydrogens is 299 g/mol. The Hall–Kier alpha value is -1.26. The molecule has 1 saturated carbocycles. The van der Waals surface area contributed by atoms with Gasteiger partial charge in [-0.15, -0.1) is 0 Å². The van der Waals surface area contributed by atoms with Crippen molar-refractivity contribution in [2.45, 2.75) is 19.3 Å². The Bertz CT molecular complexity index is 534. The molecule has 108 valence electrons. The molecule has 2 N–H and O–H groups in total. The Kier molecular flexibility index (Phi) is 4.89. The Morgan fingerprint density at radius 3 is 2.70 bits per heavy atom. The largest absolute Gasteiger partial charge is 0.355 e. The molecule has 0 bridgehead atoms. The van der Waals surface area contributed by atoms with Crippen LogP contribution in [0.5, 0.6) is 0 Å². The van der Waals surface area contributed by atoms with Crippen LogP contribution in [-0.4, -0.2) is 24.9 Å². The number of carbonyl (C=O) groups is 2. The highest BCUT2D eigenvalue weighted by atomic mass is 35.5. The lowest BCUT2D eigenvalue weighted by Crippen LogP contribution is -2.37. The van der Waals surface area contributed by atoms with Crippen LogP contribution in [0.1, 0.15) is 24.8 Å². The summed E-state index contributed by atoms with van der Waals surface area (Å²) in [5.74, 6) is -0.271. The summed E-state index contributed by atoms with van der Waals surface area (Å²) >= 11 is 12.0. The molecule has 0 spiro atoms. The zero-order chi connectivity index (χ0) is 14.7. The minimum Gasteiger partial charge on any atom is -0.355 e. The molecule has 0 unspecified atom stereocenters. The van der Waals surface area contributed by atoms with Crippen molar-refractivity contribution in [3.05, 3.63) is 33.8 Å². The van der Waals surface area contributed by atoms with Gasteiger partial charge in [-0.3, -0.25) is 9.59 Å². The van der Waals surface area contributed by atoms with Gasteiger partial charge in [0.05, 0.1) is 6.54 Å². The molecule has 0 aliphatic heterocycles. The summed E-state index contributed by atoms with van der Waals surface area (Å²) in [6, 6.07) is 5.30. The van der Waals surface area contributed by atoms with Crippen LogP contribution in [0.2, 0.25) is 10.0 Å². The molecule has 20 heavy (non-hydrogen) atoms. The van der Waals surface area contributed by atoms with Crippen molar-refractivity contribution in [2.24, 2.45) is 5.92 Å². The monoisotopic (exact) mass is 314 g/mol. The molecule has 1 aliphatic rings. The van der Waals surface area contributed by atoms with Crippen LogP contribution in [-0.2, 0) is 9.59 Å². The number of amides is 2. The smallest absolute Gasteiger partial charge is 0.239 e. The summed E-state index contributed by atoms with van der Waals surface area (Å²) in [5.41, 5.74) is 0.939. The molecule has 2 amide bonds. The molecule has 6 heteroatoms. The molecule has 1 fully saturated rings. The first-order valence-electron chi connectivity index (χ1n) is 6.52. The molecule has 4 nitrogen and oxygen atoms in total. The average molecular weight is 315 g/mol. The summed E-state index contributed by atoms with van der Waals surface area (Å²) in [6.07, 6.45) is 0.753. The van der Waals surface area contributed by atoms with E-state index in [9.17, 15) is 9.59 Å². The first-order chi connectivity index (χ1) is 9.52. The minimum atomic E-state index is -0.178. The molecule has 0 heterocycles. The van der Waals surface area contributed by atoms with E-state index < -0.39 is 0 Å². The Labute approximate surface area is 127 Å². The fraction of sp³-hybridized carbons (Fsp3) is 0.429. The third kappa shape index (κ3) is 3.64. The molecule has 0 saturated heterocycles. The van der Waals surface area contributed by atoms with E-state index in [1.54, 1.807) is 12.1 Å². The molecule has 0 aromatic heterocycles. The fourth-order valence-corrected chi connectivity index (χ4v) is 2.74. The summed E-state index contributed by atoms with van der Waals surface area (Å²) in [6.45, 7) is 2.41. The number of halogens is 2. The highest BCUT2D eigenvalue weighted by Gasteiger charge is 2.44. The van der Waals surface area contributed by atoms with Crippen molar-refractivity contribution in [3.63, 3.8) is 0 Å².